The molecule has 0 aliphatic rings. The number of imidazole rings is 1. The molecule has 0 radical (unpaired) electrons. The number of pyridine rings is 1. The zero-order chi connectivity index (χ0) is 14.3. The normalized spacial score (nSPS) is 10.9. The molecule has 0 unspecified atom stereocenters. The number of nitrogens with zero attached hydrogens (tertiary/aromatic N) is 3. The van der Waals surface area contributed by atoms with Crippen LogP contribution in [0.4, 0.5) is 5.95 Å². The molecule has 0 amide bonds. The molecule has 0 bridgehead atoms. The molecule has 2 heterocycles. The summed E-state index contributed by atoms with van der Waals surface area (Å²) >= 11 is 9.51. The lowest BCUT2D eigenvalue weighted by atomic mass is 10.3. The third-order valence-electron chi connectivity index (χ3n) is 2.88. The van der Waals surface area contributed by atoms with Gasteiger partial charge < -0.3 is 10.5 Å². The van der Waals surface area contributed by atoms with Gasteiger partial charge in [0.05, 0.1) is 17.8 Å². The van der Waals surface area contributed by atoms with Crippen molar-refractivity contribution in [3.63, 3.8) is 0 Å². The highest BCUT2D eigenvalue weighted by Gasteiger charge is 2.13. The molecule has 2 N–H and O–H groups in total. The Labute approximate surface area is 128 Å². The van der Waals surface area contributed by atoms with E-state index in [1.165, 1.54) is 0 Å². The van der Waals surface area contributed by atoms with Gasteiger partial charge in [0.2, 0.25) is 5.95 Å². The van der Waals surface area contributed by atoms with Crippen LogP contribution in [0.2, 0.25) is 5.02 Å². The summed E-state index contributed by atoms with van der Waals surface area (Å²) in [5.41, 5.74) is 8.15. The largest absolute Gasteiger partial charge is 0.495 e. The van der Waals surface area contributed by atoms with Crippen LogP contribution in [-0.4, -0.2) is 21.6 Å². The molecule has 3 aromatic rings. The molecular weight excluding hydrogens is 344 g/mol. The number of hydrogen-bond acceptors (Lipinski definition) is 4. The fourth-order valence-corrected chi connectivity index (χ4v) is 2.58. The Morgan fingerprint density at radius 3 is 2.85 bits per heavy atom. The highest BCUT2D eigenvalue weighted by molar-refractivity contribution is 9.10. The lowest BCUT2D eigenvalue weighted by molar-refractivity contribution is 0.415. The first-order valence-electron chi connectivity index (χ1n) is 5.73. The average molecular weight is 354 g/mol. The van der Waals surface area contributed by atoms with E-state index in [9.17, 15) is 0 Å². The molecule has 0 atom stereocenters. The molecule has 0 fully saturated rings. The number of halogens is 2. The number of aromatic nitrogens is 3. The standard InChI is InChI=1S/C13H10BrClN4O/c1-20-11-3-2-8(5-9(11)15)19-12-10(18-13(19)16)4-7(14)6-17-12/h2-6H,1H3,(H2,16,18). The molecule has 0 saturated carbocycles. The summed E-state index contributed by atoms with van der Waals surface area (Å²) < 4.78 is 7.73. The van der Waals surface area contributed by atoms with Crippen LogP contribution >= 0.6 is 27.5 Å². The lowest BCUT2D eigenvalue weighted by Crippen LogP contribution is -2.01. The monoisotopic (exact) mass is 352 g/mol. The zero-order valence-electron chi connectivity index (χ0n) is 10.5. The maximum atomic E-state index is 6.15. The topological polar surface area (TPSA) is 66.0 Å². The first kappa shape index (κ1) is 13.2. The van der Waals surface area contributed by atoms with Crippen LogP contribution in [0.3, 0.4) is 0 Å². The van der Waals surface area contributed by atoms with E-state index in [2.05, 4.69) is 25.9 Å². The average Bonchev–Trinajstić information content (AvgIpc) is 2.73. The van der Waals surface area contributed by atoms with Gasteiger partial charge in [0.1, 0.15) is 11.3 Å². The zero-order valence-corrected chi connectivity index (χ0v) is 12.8. The number of fused-ring (bicyclic) bond motifs is 1. The molecule has 20 heavy (non-hydrogen) atoms. The van der Waals surface area contributed by atoms with Crippen molar-refractivity contribution in [2.75, 3.05) is 12.8 Å². The van der Waals surface area contributed by atoms with E-state index < -0.39 is 0 Å². The van der Waals surface area contributed by atoms with Crippen LogP contribution in [-0.2, 0) is 0 Å². The van der Waals surface area contributed by atoms with Crippen LogP contribution in [0.15, 0.2) is 34.9 Å². The number of nitrogen functional groups attached to an aromatic ring is 1. The highest BCUT2D eigenvalue weighted by atomic mass is 79.9. The number of benzene rings is 1. The molecule has 1 aromatic carbocycles. The van der Waals surface area contributed by atoms with Gasteiger partial charge in [0.25, 0.3) is 0 Å². The molecule has 0 aliphatic heterocycles. The van der Waals surface area contributed by atoms with E-state index >= 15 is 0 Å². The minimum atomic E-state index is 0.354. The van der Waals surface area contributed by atoms with Crippen LogP contribution in [0.25, 0.3) is 16.9 Å². The fraction of sp³-hybridized carbons (Fsp3) is 0.0769. The van der Waals surface area contributed by atoms with Crippen molar-refractivity contribution in [2.24, 2.45) is 0 Å². The smallest absolute Gasteiger partial charge is 0.207 e. The third kappa shape index (κ3) is 2.10. The van der Waals surface area contributed by atoms with E-state index in [1.54, 1.807) is 30.0 Å². The second kappa shape index (κ2) is 4.96. The first-order valence-corrected chi connectivity index (χ1v) is 6.90. The maximum Gasteiger partial charge on any atom is 0.207 e. The van der Waals surface area contributed by atoms with E-state index in [4.69, 9.17) is 22.1 Å². The van der Waals surface area contributed by atoms with Crippen molar-refractivity contribution in [1.29, 1.82) is 0 Å². The van der Waals surface area contributed by atoms with Gasteiger partial charge in [-0.2, -0.15) is 0 Å². The molecule has 3 rings (SSSR count). The quantitative estimate of drug-likeness (QED) is 0.766. The summed E-state index contributed by atoms with van der Waals surface area (Å²) in [7, 11) is 1.57. The van der Waals surface area contributed by atoms with Crippen LogP contribution in [0.5, 0.6) is 5.75 Å². The van der Waals surface area contributed by atoms with Crippen molar-refractivity contribution < 1.29 is 4.74 Å². The first-order chi connectivity index (χ1) is 9.60. The van der Waals surface area contributed by atoms with Gasteiger partial charge in [-0.3, -0.25) is 4.57 Å². The molecule has 0 spiro atoms. The number of rotatable bonds is 2. The van der Waals surface area contributed by atoms with Crippen LogP contribution < -0.4 is 10.5 Å². The number of anilines is 1. The Balaban J connectivity index is 2.23. The molecular formula is C13H10BrClN4O. The number of nitrogens with two attached hydrogens (primary N) is 1. The van der Waals surface area contributed by atoms with Crippen molar-refractivity contribution in [1.82, 2.24) is 14.5 Å². The van der Waals surface area contributed by atoms with E-state index in [-0.39, 0.29) is 0 Å². The maximum absolute atomic E-state index is 6.15. The van der Waals surface area contributed by atoms with Gasteiger partial charge >= 0.3 is 0 Å². The van der Waals surface area contributed by atoms with Gasteiger partial charge in [-0.25, -0.2) is 9.97 Å². The summed E-state index contributed by atoms with van der Waals surface area (Å²) in [5.74, 6) is 0.959. The molecule has 7 heteroatoms. The second-order valence-electron chi connectivity index (χ2n) is 4.12. The Hall–Kier alpha value is -1.79. The van der Waals surface area contributed by atoms with Crippen LogP contribution in [0.1, 0.15) is 0 Å². The van der Waals surface area contributed by atoms with Gasteiger partial charge in [-0.05, 0) is 40.2 Å². The van der Waals surface area contributed by atoms with Gasteiger partial charge in [-0.1, -0.05) is 11.6 Å². The molecule has 0 aliphatic carbocycles. The van der Waals surface area contributed by atoms with E-state index in [0.717, 1.165) is 10.2 Å². The number of methoxy groups -OCH3 is 1. The summed E-state index contributed by atoms with van der Waals surface area (Å²) in [4.78, 5) is 8.65. The second-order valence-corrected chi connectivity index (χ2v) is 5.44. The predicted octanol–water partition coefficient (Wildman–Crippen LogP) is 3.43. The lowest BCUT2D eigenvalue weighted by Gasteiger charge is -2.08. The minimum absolute atomic E-state index is 0.354. The van der Waals surface area contributed by atoms with Crippen molar-refractivity contribution >= 4 is 44.6 Å². The SMILES string of the molecule is COc1ccc(-n2c(N)nc3cc(Br)cnc32)cc1Cl. The predicted molar refractivity (Wildman–Crippen MR) is 82.5 cm³/mol. The fourth-order valence-electron chi connectivity index (χ4n) is 2.01. The van der Waals surface area contributed by atoms with Gasteiger partial charge in [-0.15, -0.1) is 0 Å². The van der Waals surface area contributed by atoms with Crippen molar-refractivity contribution in [2.45, 2.75) is 0 Å². The van der Waals surface area contributed by atoms with E-state index in [0.29, 0.717) is 27.9 Å². The molecule has 102 valence electrons. The summed E-state index contributed by atoms with van der Waals surface area (Å²) in [5, 5.41) is 0.503. The van der Waals surface area contributed by atoms with Gasteiger partial charge in [0.15, 0.2) is 5.65 Å². The third-order valence-corrected chi connectivity index (χ3v) is 3.61. The summed E-state index contributed by atoms with van der Waals surface area (Å²) in [6, 6.07) is 7.26. The Bertz CT molecular complexity index is 802. The summed E-state index contributed by atoms with van der Waals surface area (Å²) in [6.45, 7) is 0. The van der Waals surface area contributed by atoms with E-state index in [1.807, 2.05) is 12.1 Å². The molecule has 0 saturated heterocycles. The summed E-state index contributed by atoms with van der Waals surface area (Å²) in [6.07, 6.45) is 1.70. The van der Waals surface area contributed by atoms with Gasteiger partial charge in [0, 0.05) is 10.7 Å². The van der Waals surface area contributed by atoms with Crippen molar-refractivity contribution in [3.05, 3.63) is 40.0 Å². The van der Waals surface area contributed by atoms with Crippen LogP contribution in [0, 0.1) is 0 Å². The number of ether oxygens (including phenoxy) is 1. The Kier molecular flexibility index (Phi) is 3.27. The highest BCUT2D eigenvalue weighted by Crippen LogP contribution is 2.29. The number of hydrogen-bond donors (Lipinski definition) is 1. The molecule has 2 aromatic heterocycles. The van der Waals surface area contributed by atoms with Crippen molar-refractivity contribution in [3.8, 4) is 11.4 Å². The molecule has 5 nitrogen and oxygen atoms in total. The minimum Gasteiger partial charge on any atom is -0.495 e. The Morgan fingerprint density at radius 2 is 2.15 bits per heavy atom. The Morgan fingerprint density at radius 1 is 1.35 bits per heavy atom.